The number of carbonyl (C=O) groups excluding carboxylic acids is 2. The van der Waals surface area contributed by atoms with Crippen molar-refractivity contribution in [3.8, 4) is 0 Å². The Morgan fingerprint density at radius 3 is 2.78 bits per heavy atom. The zero-order chi connectivity index (χ0) is 17.0. The van der Waals surface area contributed by atoms with E-state index in [4.69, 9.17) is 5.11 Å². The van der Waals surface area contributed by atoms with Crippen LogP contribution in [-0.4, -0.2) is 41.5 Å². The van der Waals surface area contributed by atoms with E-state index >= 15 is 0 Å². The fourth-order valence-corrected chi connectivity index (χ4v) is 2.44. The number of benzene rings is 1. The summed E-state index contributed by atoms with van der Waals surface area (Å²) < 4.78 is 13.6. The Hall–Kier alpha value is -2.21. The summed E-state index contributed by atoms with van der Waals surface area (Å²) in [5.74, 6) is -0.896. The van der Waals surface area contributed by atoms with Crippen molar-refractivity contribution in [2.24, 2.45) is 11.8 Å². The van der Waals surface area contributed by atoms with Gasteiger partial charge in [-0.2, -0.15) is 0 Å². The first-order valence-corrected chi connectivity index (χ1v) is 7.59. The number of hydrogen-bond donors (Lipinski definition) is 2. The van der Waals surface area contributed by atoms with Crippen molar-refractivity contribution in [3.05, 3.63) is 42.2 Å². The van der Waals surface area contributed by atoms with Crippen LogP contribution in [0.15, 0.2) is 30.9 Å². The molecule has 1 aromatic rings. The molecule has 0 saturated heterocycles. The van der Waals surface area contributed by atoms with E-state index in [1.165, 1.54) is 23.1 Å². The van der Waals surface area contributed by atoms with Gasteiger partial charge in [0.2, 0.25) is 5.91 Å². The Kier molecular flexibility index (Phi) is 5.50. The van der Waals surface area contributed by atoms with E-state index in [1.54, 1.807) is 0 Å². The fourth-order valence-electron chi connectivity index (χ4n) is 2.44. The number of nitrogens with zero attached hydrogens (tertiary/aromatic N) is 1. The number of aliphatic hydroxyl groups excluding tert-OH is 1. The van der Waals surface area contributed by atoms with E-state index in [2.05, 4.69) is 11.9 Å². The largest absolute Gasteiger partial charge is 0.395 e. The van der Waals surface area contributed by atoms with Gasteiger partial charge in [-0.25, -0.2) is 4.39 Å². The number of aliphatic hydroxyl groups is 1. The first-order chi connectivity index (χ1) is 11.0. The molecular formula is C17H21FN2O3. The fraction of sp³-hybridized carbons (Fsp3) is 0.412. The minimum absolute atomic E-state index is 0.0512. The van der Waals surface area contributed by atoms with Crippen LogP contribution in [0.2, 0.25) is 0 Å². The van der Waals surface area contributed by atoms with Crippen LogP contribution in [-0.2, 0) is 4.79 Å². The van der Waals surface area contributed by atoms with Crippen LogP contribution < -0.4 is 5.32 Å². The lowest BCUT2D eigenvalue weighted by atomic mass is 10.1. The molecule has 5 nitrogen and oxygen atoms in total. The molecule has 0 aliphatic heterocycles. The van der Waals surface area contributed by atoms with Gasteiger partial charge < -0.3 is 15.3 Å². The van der Waals surface area contributed by atoms with E-state index in [9.17, 15) is 14.0 Å². The summed E-state index contributed by atoms with van der Waals surface area (Å²) in [5.41, 5.74) is 0.356. The van der Waals surface area contributed by atoms with E-state index in [1.807, 2.05) is 6.92 Å². The highest BCUT2D eigenvalue weighted by atomic mass is 19.1. The first kappa shape index (κ1) is 17.1. The summed E-state index contributed by atoms with van der Waals surface area (Å²) in [6, 6.07) is 3.69. The minimum Gasteiger partial charge on any atom is -0.395 e. The molecule has 1 saturated carbocycles. The van der Waals surface area contributed by atoms with Crippen molar-refractivity contribution in [1.82, 2.24) is 4.90 Å². The van der Waals surface area contributed by atoms with E-state index in [0.717, 1.165) is 12.5 Å². The standard InChI is InChI=1S/C17H21FN2O3/c1-3-6-20(7-8-21)17(23)14-10-12(18)4-5-15(14)19-16(22)13-9-11(13)2/h3-5,10-11,13,21H,1,6-9H2,2H3,(H,19,22). The molecule has 0 radical (unpaired) electrons. The second-order valence-electron chi connectivity index (χ2n) is 5.76. The summed E-state index contributed by atoms with van der Waals surface area (Å²) in [4.78, 5) is 26.0. The number of amides is 2. The lowest BCUT2D eigenvalue weighted by Crippen LogP contribution is -2.34. The predicted molar refractivity (Wildman–Crippen MR) is 85.5 cm³/mol. The Morgan fingerprint density at radius 2 is 2.22 bits per heavy atom. The predicted octanol–water partition coefficient (Wildman–Crippen LogP) is 2.04. The normalized spacial score (nSPS) is 19.1. The maximum absolute atomic E-state index is 13.6. The molecule has 0 bridgehead atoms. The highest BCUT2D eigenvalue weighted by Crippen LogP contribution is 2.38. The molecule has 1 aliphatic carbocycles. The van der Waals surface area contributed by atoms with Gasteiger partial charge in [-0.15, -0.1) is 6.58 Å². The summed E-state index contributed by atoms with van der Waals surface area (Å²) in [7, 11) is 0. The maximum atomic E-state index is 13.6. The number of nitrogens with one attached hydrogen (secondary N) is 1. The van der Waals surface area contributed by atoms with Gasteiger partial charge in [0.25, 0.3) is 5.91 Å². The molecule has 23 heavy (non-hydrogen) atoms. The van der Waals surface area contributed by atoms with E-state index in [-0.39, 0.29) is 42.8 Å². The summed E-state index contributed by atoms with van der Waals surface area (Å²) in [5, 5.41) is 11.8. The van der Waals surface area contributed by atoms with Crippen molar-refractivity contribution < 1.29 is 19.1 Å². The van der Waals surface area contributed by atoms with Crippen molar-refractivity contribution in [2.45, 2.75) is 13.3 Å². The van der Waals surface area contributed by atoms with Gasteiger partial charge >= 0.3 is 0 Å². The zero-order valence-corrected chi connectivity index (χ0v) is 13.1. The monoisotopic (exact) mass is 320 g/mol. The van der Waals surface area contributed by atoms with Crippen molar-refractivity contribution in [3.63, 3.8) is 0 Å². The molecule has 0 spiro atoms. The highest BCUT2D eigenvalue weighted by molar-refractivity contribution is 6.04. The molecule has 6 heteroatoms. The molecule has 124 valence electrons. The van der Waals surface area contributed by atoms with Crippen LogP contribution in [0.5, 0.6) is 0 Å². The maximum Gasteiger partial charge on any atom is 0.256 e. The van der Waals surface area contributed by atoms with Crippen molar-refractivity contribution >= 4 is 17.5 Å². The molecule has 2 rings (SSSR count). The molecule has 2 amide bonds. The molecule has 1 aromatic carbocycles. The lowest BCUT2D eigenvalue weighted by molar-refractivity contribution is -0.117. The van der Waals surface area contributed by atoms with E-state index in [0.29, 0.717) is 5.92 Å². The second kappa shape index (κ2) is 7.37. The van der Waals surface area contributed by atoms with Gasteiger partial charge in [0.05, 0.1) is 17.9 Å². The second-order valence-corrected chi connectivity index (χ2v) is 5.76. The Balaban J connectivity index is 2.24. The SMILES string of the molecule is C=CCN(CCO)C(=O)c1cc(F)ccc1NC(=O)C1CC1C. The first-order valence-electron chi connectivity index (χ1n) is 7.59. The number of halogens is 1. The molecule has 2 atom stereocenters. The average Bonchev–Trinajstić information content (AvgIpc) is 3.25. The smallest absolute Gasteiger partial charge is 0.256 e. The van der Waals surface area contributed by atoms with Gasteiger partial charge in [-0.1, -0.05) is 13.0 Å². The summed E-state index contributed by atoms with van der Waals surface area (Å²) in [6.07, 6.45) is 2.35. The van der Waals surface area contributed by atoms with Gasteiger partial charge in [0, 0.05) is 19.0 Å². The van der Waals surface area contributed by atoms with E-state index < -0.39 is 11.7 Å². The zero-order valence-electron chi connectivity index (χ0n) is 13.1. The van der Waals surface area contributed by atoms with Crippen LogP contribution >= 0.6 is 0 Å². The van der Waals surface area contributed by atoms with Gasteiger partial charge in [-0.3, -0.25) is 9.59 Å². The van der Waals surface area contributed by atoms with Crippen molar-refractivity contribution in [1.29, 1.82) is 0 Å². The van der Waals surface area contributed by atoms with Crippen LogP contribution in [0.4, 0.5) is 10.1 Å². The third-order valence-corrected chi connectivity index (χ3v) is 3.92. The molecule has 0 heterocycles. The third-order valence-electron chi connectivity index (χ3n) is 3.92. The third kappa shape index (κ3) is 4.16. The number of rotatable bonds is 7. The van der Waals surface area contributed by atoms with Gasteiger partial charge in [-0.05, 0) is 30.5 Å². The summed E-state index contributed by atoms with van der Waals surface area (Å²) in [6.45, 7) is 5.67. The summed E-state index contributed by atoms with van der Waals surface area (Å²) >= 11 is 0. The molecular weight excluding hydrogens is 299 g/mol. The van der Waals surface area contributed by atoms with Gasteiger partial charge in [0.1, 0.15) is 5.82 Å². The topological polar surface area (TPSA) is 69.6 Å². The Bertz CT molecular complexity index is 618. The van der Waals surface area contributed by atoms with Crippen LogP contribution in [0.1, 0.15) is 23.7 Å². The number of carbonyl (C=O) groups is 2. The lowest BCUT2D eigenvalue weighted by Gasteiger charge is -2.21. The quantitative estimate of drug-likeness (QED) is 0.755. The molecule has 2 unspecified atom stereocenters. The number of anilines is 1. The molecule has 2 N–H and O–H groups in total. The van der Waals surface area contributed by atoms with Gasteiger partial charge in [0.15, 0.2) is 0 Å². The Labute approximate surface area is 134 Å². The Morgan fingerprint density at radius 1 is 1.52 bits per heavy atom. The average molecular weight is 320 g/mol. The van der Waals surface area contributed by atoms with Crippen LogP contribution in [0.3, 0.4) is 0 Å². The minimum atomic E-state index is -0.561. The molecule has 1 aliphatic rings. The van der Waals surface area contributed by atoms with Crippen LogP contribution in [0.25, 0.3) is 0 Å². The number of hydrogen-bond acceptors (Lipinski definition) is 3. The molecule has 0 aromatic heterocycles. The molecule has 1 fully saturated rings. The highest BCUT2D eigenvalue weighted by Gasteiger charge is 2.39. The van der Waals surface area contributed by atoms with Crippen LogP contribution in [0, 0.1) is 17.7 Å². The van der Waals surface area contributed by atoms with Crippen molar-refractivity contribution in [2.75, 3.05) is 25.0 Å².